The van der Waals surface area contributed by atoms with Gasteiger partial charge in [0.15, 0.2) is 0 Å². The van der Waals surface area contributed by atoms with Gasteiger partial charge in [-0.05, 0) is 24.3 Å². The van der Waals surface area contributed by atoms with Crippen molar-refractivity contribution in [3.05, 3.63) is 53.7 Å². The van der Waals surface area contributed by atoms with E-state index in [0.29, 0.717) is 16.8 Å². The van der Waals surface area contributed by atoms with Gasteiger partial charge in [0.05, 0.1) is 30.0 Å². The fraction of sp³-hybridized carbons (Fsp3) is 0.0714. The van der Waals surface area contributed by atoms with Gasteiger partial charge >= 0.3 is 5.97 Å². The van der Waals surface area contributed by atoms with Gasteiger partial charge in [-0.25, -0.2) is 4.79 Å². The normalized spacial score (nSPS) is 9.56. The van der Waals surface area contributed by atoms with Crippen molar-refractivity contribution < 1.29 is 9.53 Å². The molecule has 0 bridgehead atoms. The zero-order valence-corrected chi connectivity index (χ0v) is 9.75. The molecule has 0 atom stereocenters. The van der Waals surface area contributed by atoms with E-state index in [-0.39, 0.29) is 0 Å². The lowest BCUT2D eigenvalue weighted by atomic mass is 10.0. The molecule has 0 aliphatic rings. The molecule has 18 heavy (non-hydrogen) atoms. The number of benzene rings is 1. The molecule has 0 fully saturated rings. The summed E-state index contributed by atoms with van der Waals surface area (Å²) in [6.07, 6.45) is 1.60. The first-order valence-corrected chi connectivity index (χ1v) is 5.30. The molecular formula is C14H10N2O2. The van der Waals surface area contributed by atoms with E-state index in [1.807, 2.05) is 0 Å². The van der Waals surface area contributed by atoms with Crippen LogP contribution in [0.5, 0.6) is 0 Å². The molecule has 0 saturated heterocycles. The molecule has 0 aliphatic heterocycles. The van der Waals surface area contributed by atoms with Crippen molar-refractivity contribution in [1.82, 2.24) is 4.98 Å². The van der Waals surface area contributed by atoms with Crippen LogP contribution in [0.3, 0.4) is 0 Å². The quantitative estimate of drug-likeness (QED) is 0.753. The first-order chi connectivity index (χ1) is 8.76. The Kier molecular flexibility index (Phi) is 3.35. The molecule has 0 amide bonds. The Labute approximate surface area is 104 Å². The number of ether oxygens (including phenoxy) is 1. The largest absolute Gasteiger partial charge is 0.465 e. The third kappa shape index (κ3) is 2.20. The van der Waals surface area contributed by atoms with Gasteiger partial charge in [-0.2, -0.15) is 5.26 Å². The smallest absolute Gasteiger partial charge is 0.340 e. The summed E-state index contributed by atoms with van der Waals surface area (Å²) in [5, 5.41) is 8.87. The predicted octanol–water partition coefficient (Wildman–Crippen LogP) is 2.41. The number of hydrogen-bond acceptors (Lipinski definition) is 4. The average molecular weight is 238 g/mol. The Morgan fingerprint density at radius 2 is 2.17 bits per heavy atom. The van der Waals surface area contributed by atoms with E-state index in [4.69, 9.17) is 10.00 Å². The van der Waals surface area contributed by atoms with Gasteiger partial charge in [-0.15, -0.1) is 0 Å². The highest BCUT2D eigenvalue weighted by molar-refractivity contribution is 5.96. The van der Waals surface area contributed by atoms with Crippen molar-refractivity contribution >= 4 is 5.97 Å². The zero-order chi connectivity index (χ0) is 13.0. The van der Waals surface area contributed by atoms with E-state index in [9.17, 15) is 4.79 Å². The summed E-state index contributed by atoms with van der Waals surface area (Å²) >= 11 is 0. The fourth-order valence-corrected chi connectivity index (χ4v) is 1.65. The van der Waals surface area contributed by atoms with Gasteiger partial charge < -0.3 is 4.74 Å². The highest BCUT2D eigenvalue weighted by atomic mass is 16.5. The molecule has 4 nitrogen and oxygen atoms in total. The molecule has 2 rings (SSSR count). The monoisotopic (exact) mass is 238 g/mol. The number of esters is 1. The zero-order valence-electron chi connectivity index (χ0n) is 9.75. The van der Waals surface area contributed by atoms with Crippen LogP contribution in [0.15, 0.2) is 42.6 Å². The van der Waals surface area contributed by atoms with Gasteiger partial charge in [-0.1, -0.05) is 12.1 Å². The van der Waals surface area contributed by atoms with Crippen LogP contribution >= 0.6 is 0 Å². The Hall–Kier alpha value is -2.67. The maximum atomic E-state index is 11.6. The van der Waals surface area contributed by atoms with Gasteiger partial charge in [0, 0.05) is 11.8 Å². The number of carbonyl (C=O) groups excluding carboxylic acids is 1. The molecule has 1 aromatic carbocycles. The minimum atomic E-state index is -0.444. The molecule has 0 aliphatic carbocycles. The van der Waals surface area contributed by atoms with E-state index in [2.05, 4.69) is 11.1 Å². The van der Waals surface area contributed by atoms with Crippen LogP contribution in [0, 0.1) is 11.3 Å². The van der Waals surface area contributed by atoms with Crippen LogP contribution in [-0.2, 0) is 4.74 Å². The Balaban J connectivity index is 2.57. The number of nitrogens with zero attached hydrogens (tertiary/aromatic N) is 2. The van der Waals surface area contributed by atoms with Gasteiger partial charge in [0.2, 0.25) is 0 Å². The van der Waals surface area contributed by atoms with E-state index >= 15 is 0 Å². The second kappa shape index (κ2) is 5.11. The number of methoxy groups -OCH3 is 1. The van der Waals surface area contributed by atoms with Crippen molar-refractivity contribution in [1.29, 1.82) is 5.26 Å². The van der Waals surface area contributed by atoms with Crippen molar-refractivity contribution in [2.75, 3.05) is 7.11 Å². The van der Waals surface area contributed by atoms with Crippen molar-refractivity contribution in [2.45, 2.75) is 0 Å². The lowest BCUT2D eigenvalue weighted by Gasteiger charge is -2.06. The summed E-state index contributed by atoms with van der Waals surface area (Å²) in [6.45, 7) is 0. The number of aromatic nitrogens is 1. The van der Waals surface area contributed by atoms with Crippen LogP contribution in [0.2, 0.25) is 0 Å². The molecule has 1 heterocycles. The topological polar surface area (TPSA) is 63.0 Å². The van der Waals surface area contributed by atoms with Gasteiger partial charge in [0.25, 0.3) is 0 Å². The second-order valence-electron chi connectivity index (χ2n) is 3.58. The average Bonchev–Trinajstić information content (AvgIpc) is 2.46. The van der Waals surface area contributed by atoms with E-state index < -0.39 is 5.97 Å². The fourth-order valence-electron chi connectivity index (χ4n) is 1.65. The van der Waals surface area contributed by atoms with Crippen LogP contribution in [-0.4, -0.2) is 18.1 Å². The first-order valence-electron chi connectivity index (χ1n) is 5.30. The minimum absolute atomic E-state index is 0.384. The highest BCUT2D eigenvalue weighted by Gasteiger charge is 2.13. The molecule has 4 heteroatoms. The molecule has 0 unspecified atom stereocenters. The second-order valence-corrected chi connectivity index (χ2v) is 3.58. The predicted molar refractivity (Wildman–Crippen MR) is 65.7 cm³/mol. The maximum absolute atomic E-state index is 11.6. The minimum Gasteiger partial charge on any atom is -0.465 e. The van der Waals surface area contributed by atoms with Crippen molar-refractivity contribution in [3.63, 3.8) is 0 Å². The van der Waals surface area contributed by atoms with Gasteiger partial charge in [0.1, 0.15) is 0 Å². The first kappa shape index (κ1) is 11.8. The molecule has 2 aromatic rings. The SMILES string of the molecule is COC(=O)c1cccnc1-c1cccc(C#N)c1. The third-order valence-electron chi connectivity index (χ3n) is 2.48. The van der Waals surface area contributed by atoms with Crippen LogP contribution < -0.4 is 0 Å². The van der Waals surface area contributed by atoms with Crippen LogP contribution in [0.4, 0.5) is 0 Å². The lowest BCUT2D eigenvalue weighted by molar-refractivity contribution is 0.0601. The summed E-state index contributed by atoms with van der Waals surface area (Å²) in [5.41, 5.74) is 2.14. The van der Waals surface area contributed by atoms with E-state index in [1.165, 1.54) is 7.11 Å². The maximum Gasteiger partial charge on any atom is 0.340 e. The number of nitriles is 1. The summed E-state index contributed by atoms with van der Waals surface area (Å²) in [6, 6.07) is 12.3. The standard InChI is InChI=1S/C14H10N2O2/c1-18-14(17)12-6-3-7-16-13(12)11-5-2-4-10(8-11)9-15/h2-8H,1H3. The van der Waals surface area contributed by atoms with E-state index in [0.717, 1.165) is 5.56 Å². The number of rotatable bonds is 2. The van der Waals surface area contributed by atoms with Crippen molar-refractivity contribution in [2.24, 2.45) is 0 Å². The summed E-state index contributed by atoms with van der Waals surface area (Å²) in [7, 11) is 1.32. The van der Waals surface area contributed by atoms with Crippen LogP contribution in [0.25, 0.3) is 11.3 Å². The molecule has 0 spiro atoms. The number of carbonyl (C=O) groups is 1. The summed E-state index contributed by atoms with van der Waals surface area (Å²) < 4.78 is 4.71. The van der Waals surface area contributed by atoms with Crippen LogP contribution in [0.1, 0.15) is 15.9 Å². The van der Waals surface area contributed by atoms with Crippen molar-refractivity contribution in [3.8, 4) is 17.3 Å². The highest BCUT2D eigenvalue weighted by Crippen LogP contribution is 2.22. The number of hydrogen-bond donors (Lipinski definition) is 0. The van der Waals surface area contributed by atoms with Gasteiger partial charge in [-0.3, -0.25) is 4.98 Å². The Morgan fingerprint density at radius 1 is 1.33 bits per heavy atom. The molecule has 1 aromatic heterocycles. The summed E-state index contributed by atoms with van der Waals surface area (Å²) in [4.78, 5) is 15.8. The third-order valence-corrected chi connectivity index (χ3v) is 2.48. The Morgan fingerprint density at radius 3 is 2.89 bits per heavy atom. The molecular weight excluding hydrogens is 228 g/mol. The Bertz CT molecular complexity index is 630. The number of pyridine rings is 1. The van der Waals surface area contributed by atoms with E-state index in [1.54, 1.807) is 42.6 Å². The lowest BCUT2D eigenvalue weighted by Crippen LogP contribution is -2.04. The molecule has 0 radical (unpaired) electrons. The molecule has 88 valence electrons. The summed E-state index contributed by atoms with van der Waals surface area (Å²) in [5.74, 6) is -0.444. The molecule has 0 saturated carbocycles. The molecule has 0 N–H and O–H groups in total.